The lowest BCUT2D eigenvalue weighted by atomic mass is 10.1. The molecular formula is C11H8BrNO3. The lowest BCUT2D eigenvalue weighted by Crippen LogP contribution is -2.03. The van der Waals surface area contributed by atoms with Gasteiger partial charge in [0.05, 0.1) is 19.2 Å². The third-order valence-electron chi connectivity index (χ3n) is 1.99. The Balaban J connectivity index is 3.45. The highest BCUT2D eigenvalue weighted by molar-refractivity contribution is 9.10. The standard InChI is InChI=1S/C11H8BrNO3/c1-6(14)7-5-10(13-2)8(4-9(7)12)11(15)16-3/h4-5H,1,3H3. The summed E-state index contributed by atoms with van der Waals surface area (Å²) in [6, 6.07) is 2.81. The Kier molecular flexibility index (Phi) is 3.80. The third kappa shape index (κ3) is 2.28. The van der Waals surface area contributed by atoms with Crippen molar-refractivity contribution in [3.8, 4) is 0 Å². The molecule has 0 spiro atoms. The number of carbonyl (C=O) groups excluding carboxylic acids is 2. The average Bonchev–Trinajstić information content (AvgIpc) is 2.27. The monoisotopic (exact) mass is 281 g/mol. The van der Waals surface area contributed by atoms with Gasteiger partial charge in [0.2, 0.25) is 5.69 Å². The summed E-state index contributed by atoms with van der Waals surface area (Å²) in [4.78, 5) is 25.8. The highest BCUT2D eigenvalue weighted by atomic mass is 79.9. The van der Waals surface area contributed by atoms with Gasteiger partial charge in [-0.1, -0.05) is 15.9 Å². The first kappa shape index (κ1) is 12.4. The van der Waals surface area contributed by atoms with Gasteiger partial charge in [0, 0.05) is 10.0 Å². The van der Waals surface area contributed by atoms with Crippen LogP contribution >= 0.6 is 15.9 Å². The fourth-order valence-corrected chi connectivity index (χ4v) is 1.82. The van der Waals surface area contributed by atoms with Crippen LogP contribution < -0.4 is 0 Å². The first-order valence-electron chi connectivity index (χ1n) is 4.31. The van der Waals surface area contributed by atoms with E-state index in [2.05, 4.69) is 25.5 Å². The molecule has 4 nitrogen and oxygen atoms in total. The molecule has 82 valence electrons. The minimum Gasteiger partial charge on any atom is -0.466 e. The summed E-state index contributed by atoms with van der Waals surface area (Å²) in [5.74, 6) is -0.769. The van der Waals surface area contributed by atoms with Crippen LogP contribution in [0.1, 0.15) is 27.6 Å². The van der Waals surface area contributed by atoms with Crippen molar-refractivity contribution in [1.82, 2.24) is 0 Å². The van der Waals surface area contributed by atoms with Gasteiger partial charge in [-0.2, -0.15) is 0 Å². The second-order valence-corrected chi connectivity index (χ2v) is 3.86. The molecule has 5 heteroatoms. The molecule has 0 aliphatic carbocycles. The minimum atomic E-state index is -0.596. The molecule has 0 radical (unpaired) electrons. The van der Waals surface area contributed by atoms with Crippen molar-refractivity contribution >= 4 is 33.4 Å². The van der Waals surface area contributed by atoms with Crippen molar-refractivity contribution in [2.75, 3.05) is 7.11 Å². The highest BCUT2D eigenvalue weighted by Crippen LogP contribution is 2.28. The zero-order valence-corrected chi connectivity index (χ0v) is 10.3. The first-order chi connectivity index (χ1) is 7.51. The number of carbonyl (C=O) groups is 2. The van der Waals surface area contributed by atoms with E-state index in [4.69, 9.17) is 6.57 Å². The lowest BCUT2D eigenvalue weighted by Gasteiger charge is -2.06. The van der Waals surface area contributed by atoms with Gasteiger partial charge in [-0.3, -0.25) is 4.79 Å². The maximum atomic E-state index is 11.4. The van der Waals surface area contributed by atoms with Crippen molar-refractivity contribution in [2.45, 2.75) is 6.92 Å². The van der Waals surface area contributed by atoms with Crippen LogP contribution in [0.3, 0.4) is 0 Å². The number of ketones is 1. The molecule has 1 aromatic rings. The second-order valence-electron chi connectivity index (χ2n) is 3.01. The molecule has 0 unspecified atom stereocenters. The van der Waals surface area contributed by atoms with E-state index in [0.29, 0.717) is 10.0 Å². The smallest absolute Gasteiger partial charge is 0.327 e. The number of halogens is 1. The number of hydrogen-bond donors (Lipinski definition) is 0. The predicted octanol–water partition coefficient (Wildman–Crippen LogP) is 2.99. The number of methoxy groups -OCH3 is 1. The summed E-state index contributed by atoms with van der Waals surface area (Å²) >= 11 is 3.18. The summed E-state index contributed by atoms with van der Waals surface area (Å²) in [5.41, 5.74) is 0.633. The van der Waals surface area contributed by atoms with Gasteiger partial charge in [-0.15, -0.1) is 0 Å². The number of rotatable bonds is 2. The zero-order chi connectivity index (χ0) is 12.3. The molecule has 0 heterocycles. The van der Waals surface area contributed by atoms with E-state index in [1.54, 1.807) is 0 Å². The maximum Gasteiger partial charge on any atom is 0.327 e. The van der Waals surface area contributed by atoms with Crippen LogP contribution in [-0.2, 0) is 4.74 Å². The van der Waals surface area contributed by atoms with Crippen LogP contribution in [0.2, 0.25) is 0 Å². The van der Waals surface area contributed by atoms with E-state index >= 15 is 0 Å². The highest BCUT2D eigenvalue weighted by Gasteiger charge is 2.16. The normalized spacial score (nSPS) is 9.38. The van der Waals surface area contributed by atoms with Gasteiger partial charge >= 0.3 is 5.97 Å². The van der Waals surface area contributed by atoms with Gasteiger partial charge in [0.25, 0.3) is 0 Å². The summed E-state index contributed by atoms with van der Waals surface area (Å²) in [6.45, 7) is 8.35. The quantitative estimate of drug-likeness (QED) is 0.476. The van der Waals surface area contributed by atoms with Crippen molar-refractivity contribution in [3.05, 3.63) is 39.1 Å². The fourth-order valence-electron chi connectivity index (χ4n) is 1.20. The molecule has 0 saturated heterocycles. The Morgan fingerprint density at radius 3 is 2.44 bits per heavy atom. The van der Waals surface area contributed by atoms with Crippen LogP contribution in [-0.4, -0.2) is 18.9 Å². The average molecular weight is 282 g/mol. The topological polar surface area (TPSA) is 47.7 Å². The van der Waals surface area contributed by atoms with Crippen LogP contribution in [0.25, 0.3) is 4.85 Å². The van der Waals surface area contributed by atoms with Gasteiger partial charge in [0.15, 0.2) is 5.78 Å². The van der Waals surface area contributed by atoms with Crippen molar-refractivity contribution in [1.29, 1.82) is 0 Å². The second kappa shape index (κ2) is 4.90. The molecule has 1 aromatic carbocycles. The van der Waals surface area contributed by atoms with Gasteiger partial charge in [0.1, 0.15) is 0 Å². The first-order valence-corrected chi connectivity index (χ1v) is 5.10. The SMILES string of the molecule is [C-]#[N+]c1cc(C(C)=O)c(Br)cc1C(=O)OC. The fraction of sp³-hybridized carbons (Fsp3) is 0.182. The van der Waals surface area contributed by atoms with Gasteiger partial charge in [-0.25, -0.2) is 9.64 Å². The molecule has 0 aliphatic heterocycles. The van der Waals surface area contributed by atoms with E-state index in [0.717, 1.165) is 0 Å². The van der Waals surface area contributed by atoms with E-state index in [1.807, 2.05) is 0 Å². The summed E-state index contributed by atoms with van der Waals surface area (Å²) < 4.78 is 5.03. The van der Waals surface area contributed by atoms with E-state index < -0.39 is 5.97 Å². The molecule has 0 aliphatic rings. The molecule has 0 N–H and O–H groups in total. The molecule has 0 aromatic heterocycles. The number of benzene rings is 1. The van der Waals surface area contributed by atoms with E-state index in [1.165, 1.54) is 26.2 Å². The summed E-state index contributed by atoms with van der Waals surface area (Å²) in [6.07, 6.45) is 0. The van der Waals surface area contributed by atoms with Crippen molar-refractivity contribution in [3.63, 3.8) is 0 Å². The van der Waals surface area contributed by atoms with Gasteiger partial charge in [-0.05, 0) is 19.1 Å². The largest absolute Gasteiger partial charge is 0.466 e. The maximum absolute atomic E-state index is 11.4. The zero-order valence-electron chi connectivity index (χ0n) is 8.70. The molecular weight excluding hydrogens is 274 g/mol. The molecule has 0 amide bonds. The van der Waals surface area contributed by atoms with E-state index in [9.17, 15) is 9.59 Å². The number of hydrogen-bond acceptors (Lipinski definition) is 3. The van der Waals surface area contributed by atoms with Crippen LogP contribution in [0.4, 0.5) is 5.69 Å². The summed E-state index contributed by atoms with van der Waals surface area (Å²) in [5, 5.41) is 0. The molecule has 16 heavy (non-hydrogen) atoms. The molecule has 0 atom stereocenters. The third-order valence-corrected chi connectivity index (χ3v) is 2.65. The Hall–Kier alpha value is -1.67. The van der Waals surface area contributed by atoms with E-state index in [-0.39, 0.29) is 17.0 Å². The molecule has 0 bridgehead atoms. The Morgan fingerprint density at radius 1 is 1.38 bits per heavy atom. The summed E-state index contributed by atoms with van der Waals surface area (Å²) in [7, 11) is 1.24. The van der Waals surface area contributed by atoms with Crippen LogP contribution in [0.15, 0.2) is 16.6 Å². The number of Topliss-reactive ketones (excluding diaryl/α,β-unsaturated/α-hetero) is 1. The molecule has 0 fully saturated rings. The Morgan fingerprint density at radius 2 is 2.00 bits per heavy atom. The van der Waals surface area contributed by atoms with Crippen LogP contribution in [0.5, 0.6) is 0 Å². The number of esters is 1. The Bertz CT molecular complexity index is 503. The Labute approximate surface area is 101 Å². The lowest BCUT2D eigenvalue weighted by molar-refractivity contribution is 0.0601. The number of ether oxygens (including phenoxy) is 1. The van der Waals surface area contributed by atoms with Gasteiger partial charge < -0.3 is 4.74 Å². The van der Waals surface area contributed by atoms with Crippen LogP contribution in [0, 0.1) is 6.57 Å². The minimum absolute atomic E-state index is 0.111. The van der Waals surface area contributed by atoms with Crippen molar-refractivity contribution in [2.24, 2.45) is 0 Å². The number of nitrogens with zero attached hydrogens (tertiary/aromatic N) is 1. The predicted molar refractivity (Wildman–Crippen MR) is 61.7 cm³/mol. The molecule has 1 rings (SSSR count). The molecule has 0 saturated carbocycles. The van der Waals surface area contributed by atoms with Crippen molar-refractivity contribution < 1.29 is 14.3 Å².